The molecule has 2 aromatic rings. The number of hydrogen-bond donors (Lipinski definition) is 3. The van der Waals surface area contributed by atoms with Crippen molar-refractivity contribution < 1.29 is 43.5 Å². The monoisotopic (exact) mass is 786 g/mol. The van der Waals surface area contributed by atoms with Crippen LogP contribution in [-0.4, -0.2) is 127 Å². The third-order valence-corrected chi connectivity index (χ3v) is 14.2. The summed E-state index contributed by atoms with van der Waals surface area (Å²) in [6.45, 7) is 15.4. The lowest BCUT2D eigenvalue weighted by molar-refractivity contribution is -0.228. The minimum atomic E-state index is -2.31. The first-order valence-corrected chi connectivity index (χ1v) is 20.1. The number of methoxy groups -OCH3 is 3. The number of nitrogens with zero attached hydrogens (tertiary/aromatic N) is 3. The standard InChI is InChI=1S/C44H58N4O9/c1-10-14-28-24-43(39(51)55-8,35-29(16-20-48(28)25-49)26(4)32(45-35)15-11-2)31-22-30-33(23-34(31)54-7)46(6)37-42(30)18-21-47-19-13-17-41(12-3,36(42)47)38(57-27(5)50)44(37,53)40(52)56-9/h11,13,15,17,22-23,28,36-38,45,49,53H,2,4,10,12,14,16,18-21,24-25H2,1,3,5-9H3/b32-15+/t28?,36-,37?,38?,41+,42+,43-,44?/m0/s1. The Hall–Kier alpha value is -4.43. The zero-order valence-corrected chi connectivity index (χ0v) is 34.4. The number of carbonyl (C=O) groups excluding carboxylic acids is 3. The summed E-state index contributed by atoms with van der Waals surface area (Å²) in [7, 11) is 6.03. The van der Waals surface area contributed by atoms with E-state index in [1.54, 1.807) is 13.2 Å². The van der Waals surface area contributed by atoms with Crippen molar-refractivity contribution >= 4 is 36.3 Å². The van der Waals surface area contributed by atoms with Gasteiger partial charge >= 0.3 is 17.9 Å². The predicted octanol–water partition coefficient (Wildman–Crippen LogP) is 2.17. The van der Waals surface area contributed by atoms with Gasteiger partial charge in [0, 0.05) is 78.3 Å². The number of hydrogen-bond acceptors (Lipinski definition) is 12. The highest BCUT2D eigenvalue weighted by molar-refractivity contribution is 5.91. The summed E-state index contributed by atoms with van der Waals surface area (Å²) >= 11 is 0. The zero-order chi connectivity index (χ0) is 41.2. The first kappa shape index (κ1) is 40.8. The second-order valence-electron chi connectivity index (χ2n) is 16.5. The first-order chi connectivity index (χ1) is 27.3. The first-order valence-electron chi connectivity index (χ1n) is 20.1. The highest BCUT2D eigenvalue weighted by Gasteiger charge is 2.80. The molecule has 8 atom stereocenters. The number of likely N-dealkylation sites (N-methyl/N-ethyl adjacent to an activating group) is 1. The van der Waals surface area contributed by atoms with Crippen molar-refractivity contribution in [3.63, 3.8) is 0 Å². The van der Waals surface area contributed by atoms with Crippen LogP contribution < -0.4 is 20.2 Å². The second-order valence-corrected chi connectivity index (χ2v) is 16.5. The molecule has 5 heterocycles. The molecule has 13 nitrogen and oxygen atoms in total. The maximum Gasteiger partial charge on any atom is 0.344 e. The number of anilines is 1. The smallest absolute Gasteiger partial charge is 0.344 e. The molecule has 0 radical (unpaired) electrons. The summed E-state index contributed by atoms with van der Waals surface area (Å²) in [5, 5.41) is 25.5. The molecule has 5 aliphatic rings. The van der Waals surface area contributed by atoms with Gasteiger partial charge < -0.3 is 39.0 Å². The fraction of sp³-hybridized carbons (Fsp3) is 0.568. The number of carbonyl (C=O) groups is 3. The van der Waals surface area contributed by atoms with E-state index in [1.807, 2.05) is 54.1 Å². The number of H-pyrrole nitrogens is 1. The van der Waals surface area contributed by atoms with E-state index in [2.05, 4.69) is 30.0 Å². The van der Waals surface area contributed by atoms with Crippen molar-refractivity contribution in [3.8, 4) is 5.75 Å². The van der Waals surface area contributed by atoms with Crippen molar-refractivity contribution in [2.24, 2.45) is 5.41 Å². The van der Waals surface area contributed by atoms with Gasteiger partial charge in [0.15, 0.2) is 6.10 Å². The number of esters is 3. The Labute approximate surface area is 334 Å². The van der Waals surface area contributed by atoms with Crippen LogP contribution in [0.25, 0.3) is 12.7 Å². The van der Waals surface area contributed by atoms with Gasteiger partial charge in [-0.05, 0) is 67.1 Å². The van der Waals surface area contributed by atoms with Crippen LogP contribution in [0.1, 0.15) is 75.3 Å². The van der Waals surface area contributed by atoms with E-state index in [9.17, 15) is 19.8 Å². The van der Waals surface area contributed by atoms with Gasteiger partial charge in [0.1, 0.15) is 11.2 Å². The van der Waals surface area contributed by atoms with Crippen LogP contribution in [0.5, 0.6) is 5.75 Å². The van der Waals surface area contributed by atoms with Crippen LogP contribution in [-0.2, 0) is 45.8 Å². The molecule has 0 amide bonds. The van der Waals surface area contributed by atoms with Crippen LogP contribution >= 0.6 is 0 Å². The molecule has 4 aliphatic heterocycles. The fourth-order valence-corrected chi connectivity index (χ4v) is 12.1. The van der Waals surface area contributed by atoms with E-state index >= 15 is 4.79 Å². The summed E-state index contributed by atoms with van der Waals surface area (Å²) in [6, 6.07) is 2.45. The average Bonchev–Trinajstić information content (AvgIpc) is 3.83. The van der Waals surface area contributed by atoms with Gasteiger partial charge in [-0.1, -0.05) is 51.7 Å². The van der Waals surface area contributed by atoms with Crippen molar-refractivity contribution in [3.05, 3.63) is 69.9 Å². The predicted molar refractivity (Wildman–Crippen MR) is 215 cm³/mol. The van der Waals surface area contributed by atoms with Gasteiger partial charge in [0.05, 0.1) is 34.1 Å². The highest BCUT2D eigenvalue weighted by Crippen LogP contribution is 2.68. The number of fused-ring (bicyclic) bond motifs is 2. The molecule has 7 rings (SSSR count). The van der Waals surface area contributed by atoms with Crippen molar-refractivity contribution in [2.45, 2.75) is 100.0 Å². The molecule has 308 valence electrons. The number of aromatic amines is 1. The van der Waals surface area contributed by atoms with Crippen LogP contribution in [0.4, 0.5) is 5.69 Å². The van der Waals surface area contributed by atoms with E-state index in [0.717, 1.165) is 22.8 Å². The molecular weight excluding hydrogens is 729 g/mol. The van der Waals surface area contributed by atoms with Gasteiger partial charge in [-0.25, -0.2) is 4.79 Å². The number of aromatic nitrogens is 1. The van der Waals surface area contributed by atoms with Crippen molar-refractivity contribution in [2.75, 3.05) is 59.6 Å². The number of aliphatic hydroxyl groups excluding tert-OH is 1. The Morgan fingerprint density at radius 2 is 1.81 bits per heavy atom. The van der Waals surface area contributed by atoms with E-state index in [-0.39, 0.29) is 25.2 Å². The fourth-order valence-electron chi connectivity index (χ4n) is 12.1. The van der Waals surface area contributed by atoms with Gasteiger partial charge in [0.25, 0.3) is 0 Å². The van der Waals surface area contributed by atoms with Crippen LogP contribution in [0, 0.1) is 5.41 Å². The molecule has 1 aromatic heterocycles. The van der Waals surface area contributed by atoms with Gasteiger partial charge in [-0.15, -0.1) is 0 Å². The third-order valence-electron chi connectivity index (χ3n) is 14.2. The summed E-state index contributed by atoms with van der Waals surface area (Å²) in [4.78, 5) is 52.3. The number of benzene rings is 1. The average molecular weight is 787 g/mol. The SMILES string of the molecule is C=C/C=c1/[nH]c2c(c1=C)CCN(CO)C(CCC)C[C@]2(C(=O)OC)c1cc2c(cc1OC)N(C)C1C(O)(C(=O)OC)C(OC(C)=O)[C@]3(CC)C=CCN4CC[C@]21[C@@H]43. The number of allylic oxidation sites excluding steroid dienone is 1. The molecule has 13 heteroatoms. The molecule has 1 aromatic carbocycles. The van der Waals surface area contributed by atoms with E-state index in [0.29, 0.717) is 73.4 Å². The molecule has 1 saturated carbocycles. The number of ether oxygens (including phenoxy) is 4. The largest absolute Gasteiger partial charge is 0.496 e. The van der Waals surface area contributed by atoms with Crippen molar-refractivity contribution in [1.29, 1.82) is 0 Å². The Balaban J connectivity index is 1.61. The van der Waals surface area contributed by atoms with E-state index in [4.69, 9.17) is 18.9 Å². The zero-order valence-electron chi connectivity index (χ0n) is 34.4. The topological polar surface area (TPSA) is 154 Å². The molecule has 1 saturated heterocycles. The molecule has 3 N–H and O–H groups in total. The summed E-state index contributed by atoms with van der Waals surface area (Å²) in [5.74, 6) is -1.60. The lowest BCUT2D eigenvalue weighted by atomic mass is 9.47. The van der Waals surface area contributed by atoms with Gasteiger partial charge in [-0.3, -0.25) is 19.4 Å². The Morgan fingerprint density at radius 1 is 1.07 bits per heavy atom. The number of aliphatic hydroxyl groups is 2. The van der Waals surface area contributed by atoms with Crippen LogP contribution in [0.3, 0.4) is 0 Å². The van der Waals surface area contributed by atoms with E-state index in [1.165, 1.54) is 21.1 Å². The number of rotatable bonds is 10. The minimum absolute atomic E-state index is 0.198. The highest BCUT2D eigenvalue weighted by atomic mass is 16.6. The maximum absolute atomic E-state index is 15.1. The molecule has 4 unspecified atom stereocenters. The Kier molecular flexibility index (Phi) is 10.5. The molecule has 1 aliphatic carbocycles. The molecule has 0 bridgehead atoms. The van der Waals surface area contributed by atoms with E-state index < -0.39 is 51.9 Å². The van der Waals surface area contributed by atoms with Crippen LogP contribution in [0.2, 0.25) is 0 Å². The minimum Gasteiger partial charge on any atom is -0.496 e. The molecule has 2 fully saturated rings. The summed E-state index contributed by atoms with van der Waals surface area (Å²) < 4.78 is 23.7. The quantitative estimate of drug-likeness (QED) is 0.184. The maximum atomic E-state index is 15.1. The Morgan fingerprint density at radius 3 is 2.42 bits per heavy atom. The normalized spacial score (nSPS) is 33.4. The number of nitrogens with one attached hydrogen (secondary N) is 1. The van der Waals surface area contributed by atoms with Crippen LogP contribution in [0.15, 0.2) is 36.9 Å². The van der Waals surface area contributed by atoms with Gasteiger partial charge in [0.2, 0.25) is 5.60 Å². The summed E-state index contributed by atoms with van der Waals surface area (Å²) in [6.07, 6.45) is 9.56. The van der Waals surface area contributed by atoms with Gasteiger partial charge in [-0.2, -0.15) is 0 Å². The summed E-state index contributed by atoms with van der Waals surface area (Å²) in [5.41, 5.74) is -2.14. The Bertz CT molecular complexity index is 2110. The lowest BCUT2D eigenvalue weighted by Gasteiger charge is -2.63. The van der Waals surface area contributed by atoms with Crippen molar-refractivity contribution in [1.82, 2.24) is 14.8 Å². The molecule has 57 heavy (non-hydrogen) atoms. The lowest BCUT2D eigenvalue weighted by Crippen LogP contribution is -2.81. The third kappa shape index (κ3) is 5.37. The molecular formula is C44H58N4O9. The molecule has 1 spiro atoms. The second kappa shape index (κ2) is 14.7.